The Hall–Kier alpha value is -3.24. The van der Waals surface area contributed by atoms with Gasteiger partial charge in [-0.1, -0.05) is 24.3 Å². The summed E-state index contributed by atoms with van der Waals surface area (Å²) in [5.74, 6) is -3.32. The number of carboxylic acids is 1. The molecule has 0 saturated carbocycles. The number of anilines is 1. The molecule has 1 N–H and O–H groups in total. The highest BCUT2D eigenvalue weighted by atomic mass is 16.5. The van der Waals surface area contributed by atoms with Crippen LogP contribution in [0.1, 0.15) is 31.7 Å². The number of amides is 2. The van der Waals surface area contributed by atoms with Crippen molar-refractivity contribution in [2.75, 3.05) is 4.90 Å². The van der Waals surface area contributed by atoms with Crippen molar-refractivity contribution in [3.8, 4) is 6.07 Å². The Labute approximate surface area is 166 Å². The lowest BCUT2D eigenvalue weighted by atomic mass is 9.67. The number of fused-ring (bicyclic) bond motifs is 6. The zero-order valence-electron chi connectivity index (χ0n) is 15.7. The molecule has 2 amide bonds. The van der Waals surface area contributed by atoms with E-state index in [9.17, 15) is 24.8 Å². The molecule has 3 aliphatic heterocycles. The third-order valence-electron chi connectivity index (χ3n) is 6.72. The monoisotopic (exact) mass is 390 g/mol. The standard InChI is InChI=1S/C22H18N2O5/c1-21-8-9-22(29-21,10-16(25)26)18-17(21)19(27)24(20(18)28)15-7-6-12(11-23)13-4-2-3-5-14(13)15/h2-7,17-18H,8-10H2,1H3,(H,25,26)/t17?,18-,21-,22?/m0/s1. The number of carbonyl (C=O) groups is 3. The maximum Gasteiger partial charge on any atom is 0.306 e. The smallest absolute Gasteiger partial charge is 0.306 e. The van der Waals surface area contributed by atoms with Crippen LogP contribution in [0.25, 0.3) is 10.8 Å². The van der Waals surface area contributed by atoms with Crippen LogP contribution in [0.15, 0.2) is 36.4 Å². The summed E-state index contributed by atoms with van der Waals surface area (Å²) in [4.78, 5) is 39.6. The van der Waals surface area contributed by atoms with Gasteiger partial charge in [0.05, 0.1) is 46.8 Å². The minimum absolute atomic E-state index is 0.301. The Kier molecular flexibility index (Phi) is 3.47. The molecule has 146 valence electrons. The van der Waals surface area contributed by atoms with Crippen molar-refractivity contribution < 1.29 is 24.2 Å². The summed E-state index contributed by atoms with van der Waals surface area (Å²) < 4.78 is 6.08. The topological polar surface area (TPSA) is 108 Å². The number of imide groups is 1. The summed E-state index contributed by atoms with van der Waals surface area (Å²) in [6, 6.07) is 12.5. The summed E-state index contributed by atoms with van der Waals surface area (Å²) in [6.45, 7) is 1.80. The largest absolute Gasteiger partial charge is 0.481 e. The summed E-state index contributed by atoms with van der Waals surface area (Å²) in [5.41, 5.74) is -1.10. The van der Waals surface area contributed by atoms with Crippen molar-refractivity contribution in [2.45, 2.75) is 37.4 Å². The molecule has 0 aliphatic carbocycles. The molecule has 2 bridgehead atoms. The van der Waals surface area contributed by atoms with Crippen LogP contribution in [0.5, 0.6) is 0 Å². The lowest BCUT2D eigenvalue weighted by Crippen LogP contribution is -2.43. The van der Waals surface area contributed by atoms with Crippen molar-refractivity contribution >= 4 is 34.2 Å². The molecule has 3 heterocycles. The number of ether oxygens (including phenoxy) is 1. The Morgan fingerprint density at radius 2 is 1.86 bits per heavy atom. The van der Waals surface area contributed by atoms with Gasteiger partial charge in [0, 0.05) is 10.8 Å². The summed E-state index contributed by atoms with van der Waals surface area (Å²) in [7, 11) is 0. The molecule has 3 fully saturated rings. The molecule has 0 radical (unpaired) electrons. The first-order valence-electron chi connectivity index (χ1n) is 9.53. The molecule has 4 atom stereocenters. The van der Waals surface area contributed by atoms with Crippen molar-refractivity contribution in [2.24, 2.45) is 11.8 Å². The lowest BCUT2D eigenvalue weighted by Gasteiger charge is -2.29. The Morgan fingerprint density at radius 3 is 2.55 bits per heavy atom. The van der Waals surface area contributed by atoms with Crippen LogP contribution in [0, 0.1) is 23.2 Å². The number of nitrogens with zero attached hydrogens (tertiary/aromatic N) is 2. The van der Waals surface area contributed by atoms with E-state index in [-0.39, 0.29) is 12.3 Å². The third kappa shape index (κ3) is 2.18. The predicted octanol–water partition coefficient (Wildman–Crippen LogP) is 2.61. The SMILES string of the molecule is C[C@@]12CCC(CC(=O)O)(O1)[C@@H]1C(=O)N(c3ccc(C#N)c4ccccc34)C(=O)C12. The van der Waals surface area contributed by atoms with Gasteiger partial charge < -0.3 is 9.84 Å². The van der Waals surface area contributed by atoms with Gasteiger partial charge in [-0.3, -0.25) is 14.4 Å². The van der Waals surface area contributed by atoms with Gasteiger partial charge in [0.2, 0.25) is 11.8 Å². The number of hydrogen-bond donors (Lipinski definition) is 1. The second kappa shape index (κ2) is 5.65. The first kappa shape index (κ1) is 17.8. The maximum atomic E-state index is 13.5. The fourth-order valence-electron chi connectivity index (χ4n) is 5.58. The van der Waals surface area contributed by atoms with E-state index in [4.69, 9.17) is 4.74 Å². The molecule has 7 heteroatoms. The molecular weight excluding hydrogens is 372 g/mol. The minimum atomic E-state index is -1.14. The molecular formula is C22H18N2O5. The van der Waals surface area contributed by atoms with Crippen LogP contribution in [-0.4, -0.2) is 34.1 Å². The quantitative estimate of drug-likeness (QED) is 0.807. The fourth-order valence-corrected chi connectivity index (χ4v) is 5.58. The minimum Gasteiger partial charge on any atom is -0.481 e. The van der Waals surface area contributed by atoms with Crippen LogP contribution >= 0.6 is 0 Å². The molecule has 5 rings (SSSR count). The molecule has 2 unspecified atom stereocenters. The van der Waals surface area contributed by atoms with Gasteiger partial charge in [0.25, 0.3) is 0 Å². The van der Waals surface area contributed by atoms with E-state index in [0.29, 0.717) is 34.9 Å². The van der Waals surface area contributed by atoms with Gasteiger partial charge in [-0.15, -0.1) is 0 Å². The molecule has 29 heavy (non-hydrogen) atoms. The van der Waals surface area contributed by atoms with Gasteiger partial charge >= 0.3 is 5.97 Å². The van der Waals surface area contributed by atoms with E-state index >= 15 is 0 Å². The van der Waals surface area contributed by atoms with Gasteiger partial charge in [-0.05, 0) is 31.9 Å². The number of nitriles is 1. The molecule has 0 aromatic heterocycles. The highest BCUT2D eigenvalue weighted by molar-refractivity contribution is 6.26. The Bertz CT molecular complexity index is 1150. The van der Waals surface area contributed by atoms with E-state index in [0.717, 1.165) is 0 Å². The number of rotatable bonds is 3. The number of carboxylic acid groups (broad SMARTS) is 1. The second-order valence-corrected chi connectivity index (χ2v) is 8.31. The average Bonchev–Trinajstić information content (AvgIpc) is 3.25. The van der Waals surface area contributed by atoms with E-state index < -0.39 is 34.9 Å². The Balaban J connectivity index is 1.66. The third-order valence-corrected chi connectivity index (χ3v) is 6.72. The zero-order valence-corrected chi connectivity index (χ0v) is 15.7. The fraction of sp³-hybridized carbons (Fsp3) is 0.364. The highest BCUT2D eigenvalue weighted by Crippen LogP contribution is 2.62. The van der Waals surface area contributed by atoms with Gasteiger partial charge in [0.15, 0.2) is 0 Å². The average molecular weight is 390 g/mol. The summed E-state index contributed by atoms with van der Waals surface area (Å²) >= 11 is 0. The molecule has 2 aromatic rings. The maximum absolute atomic E-state index is 13.5. The van der Waals surface area contributed by atoms with E-state index in [1.54, 1.807) is 43.3 Å². The molecule has 3 saturated heterocycles. The first-order chi connectivity index (χ1) is 13.8. The van der Waals surface area contributed by atoms with Crippen LogP contribution in [-0.2, 0) is 19.1 Å². The van der Waals surface area contributed by atoms with Crippen molar-refractivity contribution in [1.82, 2.24) is 0 Å². The zero-order chi connectivity index (χ0) is 20.6. The van der Waals surface area contributed by atoms with Crippen molar-refractivity contribution in [3.05, 3.63) is 42.0 Å². The van der Waals surface area contributed by atoms with Crippen LogP contribution in [0.3, 0.4) is 0 Å². The van der Waals surface area contributed by atoms with Crippen LogP contribution in [0.4, 0.5) is 5.69 Å². The van der Waals surface area contributed by atoms with Crippen molar-refractivity contribution in [3.63, 3.8) is 0 Å². The molecule has 3 aliphatic rings. The van der Waals surface area contributed by atoms with Crippen molar-refractivity contribution in [1.29, 1.82) is 5.26 Å². The predicted molar refractivity (Wildman–Crippen MR) is 102 cm³/mol. The molecule has 0 spiro atoms. The van der Waals surface area contributed by atoms with Gasteiger partial charge in [-0.25, -0.2) is 4.90 Å². The number of benzene rings is 2. The van der Waals surface area contributed by atoms with E-state index in [1.807, 2.05) is 0 Å². The first-order valence-corrected chi connectivity index (χ1v) is 9.53. The summed E-state index contributed by atoms with van der Waals surface area (Å²) in [6.07, 6.45) is 0.686. The highest BCUT2D eigenvalue weighted by Gasteiger charge is 2.74. The number of hydrogen-bond acceptors (Lipinski definition) is 5. The van der Waals surface area contributed by atoms with Crippen LogP contribution in [0.2, 0.25) is 0 Å². The van der Waals surface area contributed by atoms with Crippen LogP contribution < -0.4 is 4.90 Å². The summed E-state index contributed by atoms with van der Waals surface area (Å²) in [5, 5.41) is 20.1. The molecule has 7 nitrogen and oxygen atoms in total. The van der Waals surface area contributed by atoms with E-state index in [2.05, 4.69) is 6.07 Å². The number of carbonyl (C=O) groups excluding carboxylic acids is 2. The second-order valence-electron chi connectivity index (χ2n) is 8.31. The molecule has 2 aromatic carbocycles. The number of aliphatic carboxylic acids is 1. The van der Waals surface area contributed by atoms with E-state index in [1.165, 1.54) is 4.90 Å². The lowest BCUT2D eigenvalue weighted by molar-refractivity contribution is -0.147. The normalized spacial score (nSPS) is 32.6. The van der Waals surface area contributed by atoms with Gasteiger partial charge in [-0.2, -0.15) is 5.26 Å². The van der Waals surface area contributed by atoms with Gasteiger partial charge in [0.1, 0.15) is 0 Å². The Morgan fingerprint density at radius 1 is 1.17 bits per heavy atom.